The molecule has 2 aromatic heterocycles. The monoisotopic (exact) mass is 433 g/mol. The molecule has 6 nitrogen and oxygen atoms in total. The van der Waals surface area contributed by atoms with E-state index >= 15 is 0 Å². The van der Waals surface area contributed by atoms with Gasteiger partial charge in [-0.15, -0.1) is 0 Å². The van der Waals surface area contributed by atoms with E-state index < -0.39 is 0 Å². The van der Waals surface area contributed by atoms with Crippen molar-refractivity contribution in [2.24, 2.45) is 0 Å². The molecule has 4 aromatic rings. The van der Waals surface area contributed by atoms with E-state index in [1.165, 1.54) is 0 Å². The number of hydrogen-bond donors (Lipinski definition) is 1. The first-order valence-corrected chi connectivity index (χ1v) is 10.6. The molecule has 0 aliphatic heterocycles. The number of benzene rings is 2. The Kier molecular flexibility index (Phi) is 6.18. The lowest BCUT2D eigenvalue weighted by atomic mass is 10.1. The van der Waals surface area contributed by atoms with E-state index in [0.29, 0.717) is 29.4 Å². The van der Waals surface area contributed by atoms with Gasteiger partial charge in [0.1, 0.15) is 5.69 Å². The Morgan fingerprint density at radius 1 is 1.00 bits per heavy atom. The van der Waals surface area contributed by atoms with E-state index in [9.17, 15) is 4.79 Å². The van der Waals surface area contributed by atoms with Crippen molar-refractivity contribution in [1.29, 1.82) is 0 Å². The first-order chi connectivity index (χ1) is 15.0. The fraction of sp³-hybridized carbons (Fsp3) is 0.208. The molecule has 0 fully saturated rings. The molecule has 1 N–H and O–H groups in total. The Balaban J connectivity index is 1.55. The molecule has 0 spiro atoms. The first kappa shape index (κ1) is 20.9. The number of para-hydroxylation sites is 1. The Labute approximate surface area is 186 Å². The summed E-state index contributed by atoms with van der Waals surface area (Å²) in [5.41, 5.74) is 4.70. The Bertz CT molecular complexity index is 1160. The van der Waals surface area contributed by atoms with Crippen LogP contribution >= 0.6 is 11.6 Å². The van der Waals surface area contributed by atoms with Crippen LogP contribution in [0.15, 0.2) is 66.9 Å². The van der Waals surface area contributed by atoms with E-state index in [0.717, 1.165) is 29.1 Å². The predicted octanol–water partition coefficient (Wildman–Crippen LogP) is 4.83. The van der Waals surface area contributed by atoms with Gasteiger partial charge in [0.2, 0.25) is 0 Å². The van der Waals surface area contributed by atoms with Crippen molar-refractivity contribution in [2.75, 3.05) is 6.54 Å². The van der Waals surface area contributed by atoms with Gasteiger partial charge in [-0.1, -0.05) is 60.1 Å². The van der Waals surface area contributed by atoms with Gasteiger partial charge in [-0.25, -0.2) is 4.68 Å². The average Bonchev–Trinajstić information content (AvgIpc) is 3.31. The Morgan fingerprint density at radius 2 is 1.68 bits per heavy atom. The number of rotatable bonds is 7. The fourth-order valence-electron chi connectivity index (χ4n) is 3.53. The molecule has 0 aliphatic rings. The maximum Gasteiger partial charge on any atom is 0.255 e. The molecule has 31 heavy (non-hydrogen) atoms. The largest absolute Gasteiger partial charge is 0.352 e. The molecule has 4 rings (SSSR count). The molecule has 158 valence electrons. The van der Waals surface area contributed by atoms with Crippen LogP contribution in [-0.4, -0.2) is 32.0 Å². The fourth-order valence-corrected chi connectivity index (χ4v) is 3.68. The second-order valence-electron chi connectivity index (χ2n) is 7.36. The number of carbonyl (C=O) groups excluding carboxylic acids is 1. The maximum atomic E-state index is 13.2. The van der Waals surface area contributed by atoms with Crippen LogP contribution in [0.2, 0.25) is 5.02 Å². The lowest BCUT2D eigenvalue weighted by Gasteiger charge is -2.08. The number of amides is 1. The summed E-state index contributed by atoms with van der Waals surface area (Å²) in [6.07, 6.45) is 2.55. The van der Waals surface area contributed by atoms with Crippen molar-refractivity contribution in [1.82, 2.24) is 24.9 Å². The number of carbonyl (C=O) groups is 1. The highest BCUT2D eigenvalue weighted by molar-refractivity contribution is 6.31. The molecule has 2 heterocycles. The molecule has 0 atom stereocenters. The number of aromatic nitrogens is 4. The van der Waals surface area contributed by atoms with Crippen molar-refractivity contribution in [3.63, 3.8) is 0 Å². The first-order valence-electron chi connectivity index (χ1n) is 10.2. The van der Waals surface area contributed by atoms with Gasteiger partial charge in [-0.05, 0) is 32.4 Å². The van der Waals surface area contributed by atoms with Gasteiger partial charge in [0.15, 0.2) is 0 Å². The number of hydrogen-bond acceptors (Lipinski definition) is 3. The molecule has 0 radical (unpaired) electrons. The molecule has 0 unspecified atom stereocenters. The van der Waals surface area contributed by atoms with Gasteiger partial charge in [0, 0.05) is 24.8 Å². The van der Waals surface area contributed by atoms with Crippen LogP contribution in [0.1, 0.15) is 28.2 Å². The zero-order valence-electron chi connectivity index (χ0n) is 17.5. The van der Waals surface area contributed by atoms with Crippen molar-refractivity contribution < 1.29 is 4.79 Å². The normalized spacial score (nSPS) is 10.9. The lowest BCUT2D eigenvalue weighted by Crippen LogP contribution is -2.26. The third-order valence-electron chi connectivity index (χ3n) is 5.13. The SMILES string of the molecule is Cc1nn(CCCNC(=O)c2c(-c3ccccc3)nn(-c3ccccc3)c2C)cc1Cl. The van der Waals surface area contributed by atoms with Crippen LogP contribution in [0.3, 0.4) is 0 Å². The predicted molar refractivity (Wildman–Crippen MR) is 123 cm³/mol. The van der Waals surface area contributed by atoms with E-state index in [1.54, 1.807) is 10.9 Å². The average molecular weight is 434 g/mol. The topological polar surface area (TPSA) is 64.7 Å². The van der Waals surface area contributed by atoms with E-state index in [2.05, 4.69) is 10.4 Å². The smallest absolute Gasteiger partial charge is 0.255 e. The summed E-state index contributed by atoms with van der Waals surface area (Å²) in [7, 11) is 0. The third kappa shape index (κ3) is 4.54. The molecule has 2 aromatic carbocycles. The molecular weight excluding hydrogens is 410 g/mol. The van der Waals surface area contributed by atoms with Crippen LogP contribution in [0.25, 0.3) is 16.9 Å². The summed E-state index contributed by atoms with van der Waals surface area (Å²) in [5, 5.41) is 12.8. The zero-order chi connectivity index (χ0) is 21.8. The van der Waals surface area contributed by atoms with Gasteiger partial charge in [-0.3, -0.25) is 9.48 Å². The lowest BCUT2D eigenvalue weighted by molar-refractivity contribution is 0.0952. The molecule has 0 bridgehead atoms. The van der Waals surface area contributed by atoms with Gasteiger partial charge in [0.25, 0.3) is 5.91 Å². The van der Waals surface area contributed by atoms with Crippen molar-refractivity contribution in [3.8, 4) is 16.9 Å². The van der Waals surface area contributed by atoms with E-state index in [4.69, 9.17) is 16.7 Å². The van der Waals surface area contributed by atoms with Crippen LogP contribution in [-0.2, 0) is 6.54 Å². The van der Waals surface area contributed by atoms with Crippen LogP contribution < -0.4 is 5.32 Å². The van der Waals surface area contributed by atoms with Crippen molar-refractivity contribution in [2.45, 2.75) is 26.8 Å². The Hall–Kier alpha value is -3.38. The number of nitrogens with one attached hydrogen (secondary N) is 1. The highest BCUT2D eigenvalue weighted by Crippen LogP contribution is 2.27. The maximum absolute atomic E-state index is 13.2. The third-order valence-corrected chi connectivity index (χ3v) is 5.50. The van der Waals surface area contributed by atoms with Crippen molar-refractivity contribution >= 4 is 17.5 Å². The summed E-state index contributed by atoms with van der Waals surface area (Å²) < 4.78 is 3.63. The minimum Gasteiger partial charge on any atom is -0.352 e. The molecular formula is C24H24ClN5O. The summed E-state index contributed by atoms with van der Waals surface area (Å²) >= 11 is 6.06. The summed E-state index contributed by atoms with van der Waals surface area (Å²) in [5.74, 6) is -0.131. The standard InChI is InChI=1S/C24H24ClN5O/c1-17-21(25)16-29(27-17)15-9-14-26-24(31)22-18(2)30(20-12-7-4-8-13-20)28-23(22)19-10-5-3-6-11-19/h3-8,10-13,16H,9,14-15H2,1-2H3,(H,26,31). The van der Waals surface area contributed by atoms with Gasteiger partial charge in [0.05, 0.1) is 27.7 Å². The minimum atomic E-state index is -0.131. The second-order valence-corrected chi connectivity index (χ2v) is 7.76. The van der Waals surface area contributed by atoms with Gasteiger partial charge in [-0.2, -0.15) is 10.2 Å². The highest BCUT2D eigenvalue weighted by Gasteiger charge is 2.22. The van der Waals surface area contributed by atoms with Crippen LogP contribution in [0.4, 0.5) is 0 Å². The Morgan fingerprint density at radius 3 is 2.32 bits per heavy atom. The highest BCUT2D eigenvalue weighted by atomic mass is 35.5. The van der Waals surface area contributed by atoms with Crippen LogP contribution in [0, 0.1) is 13.8 Å². The molecule has 0 saturated heterocycles. The second kappa shape index (κ2) is 9.18. The van der Waals surface area contributed by atoms with E-state index in [-0.39, 0.29) is 5.91 Å². The zero-order valence-corrected chi connectivity index (χ0v) is 18.3. The molecule has 0 aliphatic carbocycles. The van der Waals surface area contributed by atoms with Gasteiger partial charge >= 0.3 is 0 Å². The van der Waals surface area contributed by atoms with E-state index in [1.807, 2.05) is 79.2 Å². The summed E-state index contributed by atoms with van der Waals surface area (Å²) in [4.78, 5) is 13.2. The number of aryl methyl sites for hydroxylation is 2. The summed E-state index contributed by atoms with van der Waals surface area (Å²) in [6, 6.07) is 19.6. The van der Waals surface area contributed by atoms with Crippen LogP contribution in [0.5, 0.6) is 0 Å². The number of nitrogens with zero attached hydrogens (tertiary/aromatic N) is 4. The summed E-state index contributed by atoms with van der Waals surface area (Å²) in [6.45, 7) is 5.01. The molecule has 0 saturated carbocycles. The number of halogens is 1. The quantitative estimate of drug-likeness (QED) is 0.425. The minimum absolute atomic E-state index is 0.131. The van der Waals surface area contributed by atoms with Crippen molar-refractivity contribution in [3.05, 3.63) is 88.8 Å². The molecule has 7 heteroatoms. The molecule has 1 amide bonds. The van der Waals surface area contributed by atoms with Gasteiger partial charge < -0.3 is 5.32 Å².